The fraction of sp³-hybridized carbons (Fsp3) is 0.474. The molecule has 0 bridgehead atoms. The van der Waals surface area contributed by atoms with Gasteiger partial charge in [-0.25, -0.2) is 0 Å². The lowest BCUT2D eigenvalue weighted by molar-refractivity contribution is -0.143. The number of para-hydroxylation sites is 1. The van der Waals surface area contributed by atoms with E-state index in [1.54, 1.807) is 11.9 Å². The lowest BCUT2D eigenvalue weighted by atomic mass is 10.1. The number of rotatable bonds is 4. The van der Waals surface area contributed by atoms with Crippen molar-refractivity contribution in [1.82, 2.24) is 20.1 Å². The smallest absolute Gasteiger partial charge is 0.243 e. The van der Waals surface area contributed by atoms with Crippen molar-refractivity contribution in [3.63, 3.8) is 0 Å². The molecule has 2 amide bonds. The summed E-state index contributed by atoms with van der Waals surface area (Å²) in [5.74, 6) is -0.0978. The Morgan fingerprint density at radius 3 is 2.76 bits per heavy atom. The van der Waals surface area contributed by atoms with Crippen LogP contribution < -0.4 is 5.32 Å². The number of nitrogens with one attached hydrogen (secondary N) is 2. The lowest BCUT2D eigenvalue weighted by Gasteiger charge is -2.42. The van der Waals surface area contributed by atoms with Crippen molar-refractivity contribution in [2.45, 2.75) is 32.4 Å². The van der Waals surface area contributed by atoms with Crippen molar-refractivity contribution in [2.75, 3.05) is 26.7 Å². The molecule has 1 unspecified atom stereocenters. The number of benzene rings is 1. The summed E-state index contributed by atoms with van der Waals surface area (Å²) >= 11 is 0. The quantitative estimate of drug-likeness (QED) is 0.882. The third-order valence-electron chi connectivity index (χ3n) is 5.03. The highest BCUT2D eigenvalue weighted by atomic mass is 16.2. The zero-order valence-electron chi connectivity index (χ0n) is 15.1. The van der Waals surface area contributed by atoms with Crippen LogP contribution in [0.25, 0.3) is 10.9 Å². The van der Waals surface area contributed by atoms with Crippen LogP contribution in [-0.2, 0) is 16.0 Å². The number of hydrogen-bond acceptors (Lipinski definition) is 3. The topological polar surface area (TPSA) is 68.4 Å². The zero-order chi connectivity index (χ0) is 18.0. The summed E-state index contributed by atoms with van der Waals surface area (Å²) in [7, 11) is 1.62. The summed E-state index contributed by atoms with van der Waals surface area (Å²) in [6.45, 7) is 6.19. The van der Waals surface area contributed by atoms with Crippen LogP contribution in [0, 0.1) is 0 Å². The predicted octanol–water partition coefficient (Wildman–Crippen LogP) is 1.38. The van der Waals surface area contributed by atoms with Crippen molar-refractivity contribution >= 4 is 22.7 Å². The number of H-pyrrole nitrogens is 1. The van der Waals surface area contributed by atoms with Crippen molar-refractivity contribution < 1.29 is 9.59 Å². The number of nitrogens with zero attached hydrogens (tertiary/aromatic N) is 2. The van der Waals surface area contributed by atoms with Crippen LogP contribution in [-0.4, -0.2) is 65.4 Å². The minimum atomic E-state index is -0.432. The van der Waals surface area contributed by atoms with Gasteiger partial charge in [-0.1, -0.05) is 18.2 Å². The van der Waals surface area contributed by atoms with Crippen LogP contribution in [0.15, 0.2) is 30.5 Å². The molecule has 1 fully saturated rings. The van der Waals surface area contributed by atoms with E-state index >= 15 is 0 Å². The van der Waals surface area contributed by atoms with Gasteiger partial charge >= 0.3 is 0 Å². The Balaban J connectivity index is 1.78. The number of piperazine rings is 1. The SMILES string of the molecule is CNC(=O)C1CN(C(C)C)CCN1C(=O)Cc1c[nH]c2ccccc12. The molecular weight excluding hydrogens is 316 g/mol. The second-order valence-corrected chi connectivity index (χ2v) is 6.84. The molecule has 6 nitrogen and oxygen atoms in total. The standard InChI is InChI=1S/C19H26N4O2/c1-13(2)22-8-9-23(17(12-22)19(25)20-3)18(24)10-14-11-21-16-7-5-4-6-15(14)16/h4-7,11,13,17,21H,8-10,12H2,1-3H3,(H,20,25). The molecule has 3 rings (SSSR count). The zero-order valence-corrected chi connectivity index (χ0v) is 15.1. The van der Waals surface area contributed by atoms with E-state index in [9.17, 15) is 9.59 Å². The van der Waals surface area contributed by atoms with E-state index in [1.165, 1.54) is 0 Å². The fourth-order valence-corrected chi connectivity index (χ4v) is 3.50. The van der Waals surface area contributed by atoms with Crippen molar-refractivity contribution in [2.24, 2.45) is 0 Å². The third-order valence-corrected chi connectivity index (χ3v) is 5.03. The van der Waals surface area contributed by atoms with Gasteiger partial charge in [0.2, 0.25) is 11.8 Å². The molecule has 1 aliphatic heterocycles. The fourth-order valence-electron chi connectivity index (χ4n) is 3.50. The third kappa shape index (κ3) is 3.54. The first-order chi connectivity index (χ1) is 12.0. The highest BCUT2D eigenvalue weighted by molar-refractivity contribution is 5.92. The Labute approximate surface area is 148 Å². The van der Waals surface area contributed by atoms with Crippen LogP contribution in [0.3, 0.4) is 0 Å². The van der Waals surface area contributed by atoms with Gasteiger partial charge in [0.1, 0.15) is 6.04 Å². The van der Waals surface area contributed by atoms with E-state index < -0.39 is 6.04 Å². The van der Waals surface area contributed by atoms with E-state index in [2.05, 4.69) is 29.0 Å². The highest BCUT2D eigenvalue weighted by Crippen LogP contribution is 2.20. The van der Waals surface area contributed by atoms with E-state index in [1.807, 2.05) is 30.5 Å². The van der Waals surface area contributed by atoms with E-state index in [0.29, 0.717) is 25.6 Å². The van der Waals surface area contributed by atoms with Crippen molar-refractivity contribution in [3.05, 3.63) is 36.0 Å². The summed E-state index contributed by atoms with van der Waals surface area (Å²) in [5, 5.41) is 3.76. The summed E-state index contributed by atoms with van der Waals surface area (Å²) in [5.41, 5.74) is 2.00. The maximum atomic E-state index is 12.9. The second-order valence-electron chi connectivity index (χ2n) is 6.84. The van der Waals surface area contributed by atoms with Gasteiger partial charge in [0, 0.05) is 49.8 Å². The van der Waals surface area contributed by atoms with Gasteiger partial charge < -0.3 is 15.2 Å². The molecular formula is C19H26N4O2. The number of fused-ring (bicyclic) bond motifs is 1. The Morgan fingerprint density at radius 1 is 1.28 bits per heavy atom. The molecule has 0 saturated carbocycles. The number of amides is 2. The van der Waals surface area contributed by atoms with Crippen LogP contribution in [0.2, 0.25) is 0 Å². The molecule has 1 aromatic carbocycles. The van der Waals surface area contributed by atoms with Gasteiger partial charge in [-0.3, -0.25) is 14.5 Å². The van der Waals surface area contributed by atoms with Crippen molar-refractivity contribution in [3.8, 4) is 0 Å². The van der Waals surface area contributed by atoms with Crippen molar-refractivity contribution in [1.29, 1.82) is 0 Å². The van der Waals surface area contributed by atoms with Gasteiger partial charge in [0.25, 0.3) is 0 Å². The van der Waals surface area contributed by atoms with Gasteiger partial charge in [0.15, 0.2) is 0 Å². The molecule has 1 saturated heterocycles. The average Bonchev–Trinajstić information content (AvgIpc) is 3.03. The summed E-state index contributed by atoms with van der Waals surface area (Å²) < 4.78 is 0. The molecule has 2 heterocycles. The summed E-state index contributed by atoms with van der Waals surface area (Å²) in [6, 6.07) is 7.88. The Hall–Kier alpha value is -2.34. The Bertz CT molecular complexity index is 768. The monoisotopic (exact) mass is 342 g/mol. The molecule has 2 aromatic rings. The number of hydrogen-bond donors (Lipinski definition) is 2. The van der Waals surface area contributed by atoms with E-state index in [0.717, 1.165) is 23.0 Å². The normalized spacial score (nSPS) is 18.7. The number of carbonyl (C=O) groups excluding carboxylic acids is 2. The second kappa shape index (κ2) is 7.27. The first-order valence-corrected chi connectivity index (χ1v) is 8.81. The van der Waals surface area contributed by atoms with E-state index in [4.69, 9.17) is 0 Å². The number of carbonyl (C=O) groups is 2. The largest absolute Gasteiger partial charge is 0.361 e. The number of aromatic amines is 1. The Morgan fingerprint density at radius 2 is 2.04 bits per heavy atom. The molecule has 1 atom stereocenters. The van der Waals surface area contributed by atoms with Gasteiger partial charge in [-0.15, -0.1) is 0 Å². The van der Waals surface area contributed by atoms with Crippen LogP contribution >= 0.6 is 0 Å². The summed E-state index contributed by atoms with van der Waals surface area (Å²) in [6.07, 6.45) is 2.20. The first-order valence-electron chi connectivity index (χ1n) is 8.81. The molecule has 134 valence electrons. The molecule has 2 N–H and O–H groups in total. The molecule has 25 heavy (non-hydrogen) atoms. The van der Waals surface area contributed by atoms with Gasteiger partial charge in [-0.05, 0) is 25.5 Å². The van der Waals surface area contributed by atoms with Gasteiger partial charge in [0.05, 0.1) is 6.42 Å². The maximum absolute atomic E-state index is 12.9. The van der Waals surface area contributed by atoms with Gasteiger partial charge in [-0.2, -0.15) is 0 Å². The molecule has 1 aliphatic rings. The number of likely N-dealkylation sites (N-methyl/N-ethyl adjacent to an activating group) is 1. The van der Waals surface area contributed by atoms with Crippen LogP contribution in [0.1, 0.15) is 19.4 Å². The minimum Gasteiger partial charge on any atom is -0.361 e. The predicted molar refractivity (Wildman–Crippen MR) is 98.3 cm³/mol. The highest BCUT2D eigenvalue weighted by Gasteiger charge is 2.35. The molecule has 1 aromatic heterocycles. The number of aromatic nitrogens is 1. The lowest BCUT2D eigenvalue weighted by Crippen LogP contribution is -2.61. The average molecular weight is 342 g/mol. The van der Waals surface area contributed by atoms with Crippen LogP contribution in [0.4, 0.5) is 0 Å². The Kier molecular flexibility index (Phi) is 5.08. The van der Waals surface area contributed by atoms with E-state index in [-0.39, 0.29) is 11.8 Å². The molecule has 6 heteroatoms. The van der Waals surface area contributed by atoms with Crippen LogP contribution in [0.5, 0.6) is 0 Å². The molecule has 0 aliphatic carbocycles. The maximum Gasteiger partial charge on any atom is 0.243 e. The first kappa shape index (κ1) is 17.5. The summed E-state index contributed by atoms with van der Waals surface area (Å²) in [4.78, 5) is 32.4. The minimum absolute atomic E-state index is 0.00163. The molecule has 0 radical (unpaired) electrons. The molecule has 0 spiro atoms.